The van der Waals surface area contributed by atoms with E-state index in [4.69, 9.17) is 5.11 Å². The van der Waals surface area contributed by atoms with Gasteiger partial charge in [-0.15, -0.1) is 0 Å². The standard InChI is InChI=1S/C24H41NO5S/c1-17(2)8-6-9-19(4)20(5)13-12-18(3)14-15-31-16-21(24(29)30)25-22(26)10-7-11-23(27)28/h8,14,19-21H,6-7,9-13,15-16H2,1-5H3,(H,25,26)(H,27,28)(H,29,30)/b18-14+/t19?,20?,21-/m0/s1. The van der Waals surface area contributed by atoms with E-state index >= 15 is 0 Å². The molecular weight excluding hydrogens is 414 g/mol. The van der Waals surface area contributed by atoms with E-state index < -0.39 is 23.9 Å². The summed E-state index contributed by atoms with van der Waals surface area (Å²) >= 11 is 1.47. The first-order valence-electron chi connectivity index (χ1n) is 11.1. The Balaban J connectivity index is 4.22. The average molecular weight is 456 g/mol. The zero-order valence-corrected chi connectivity index (χ0v) is 20.6. The van der Waals surface area contributed by atoms with Crippen LogP contribution in [-0.4, -0.2) is 45.6 Å². The molecule has 0 fully saturated rings. The molecule has 0 radical (unpaired) electrons. The summed E-state index contributed by atoms with van der Waals surface area (Å²) in [6.07, 6.45) is 9.09. The molecule has 0 saturated carbocycles. The first kappa shape index (κ1) is 29.2. The van der Waals surface area contributed by atoms with Gasteiger partial charge in [-0.1, -0.05) is 37.1 Å². The molecule has 0 aliphatic rings. The predicted octanol–water partition coefficient (Wildman–Crippen LogP) is 5.29. The number of allylic oxidation sites excluding steroid dienone is 3. The van der Waals surface area contributed by atoms with Crippen LogP contribution in [0.1, 0.15) is 79.6 Å². The van der Waals surface area contributed by atoms with Crippen molar-refractivity contribution in [3.8, 4) is 0 Å². The largest absolute Gasteiger partial charge is 0.481 e. The van der Waals surface area contributed by atoms with Crippen LogP contribution in [0.4, 0.5) is 0 Å². The fraction of sp³-hybridized carbons (Fsp3) is 0.708. The van der Waals surface area contributed by atoms with Gasteiger partial charge in [-0.25, -0.2) is 4.79 Å². The topological polar surface area (TPSA) is 104 Å². The van der Waals surface area contributed by atoms with Crippen LogP contribution in [0, 0.1) is 11.8 Å². The molecule has 7 heteroatoms. The Morgan fingerprint density at radius 3 is 2.16 bits per heavy atom. The summed E-state index contributed by atoms with van der Waals surface area (Å²) in [7, 11) is 0. The van der Waals surface area contributed by atoms with Crippen molar-refractivity contribution in [2.24, 2.45) is 11.8 Å². The highest BCUT2D eigenvalue weighted by Crippen LogP contribution is 2.24. The van der Waals surface area contributed by atoms with E-state index in [2.05, 4.69) is 52.1 Å². The highest BCUT2D eigenvalue weighted by Gasteiger charge is 2.19. The zero-order chi connectivity index (χ0) is 23.8. The number of hydrogen-bond donors (Lipinski definition) is 3. The minimum absolute atomic E-state index is 0.0186. The van der Waals surface area contributed by atoms with Gasteiger partial charge >= 0.3 is 11.9 Å². The van der Waals surface area contributed by atoms with E-state index in [9.17, 15) is 19.5 Å². The first-order chi connectivity index (χ1) is 14.5. The molecule has 0 rings (SSSR count). The number of thioether (sulfide) groups is 1. The maximum atomic E-state index is 11.8. The molecule has 0 heterocycles. The second-order valence-corrected chi connectivity index (χ2v) is 9.72. The van der Waals surface area contributed by atoms with Crippen LogP contribution in [0.25, 0.3) is 0 Å². The molecule has 178 valence electrons. The van der Waals surface area contributed by atoms with Crippen molar-refractivity contribution < 1.29 is 24.6 Å². The summed E-state index contributed by atoms with van der Waals surface area (Å²) in [4.78, 5) is 33.6. The maximum absolute atomic E-state index is 11.8. The summed E-state index contributed by atoms with van der Waals surface area (Å²) in [5.74, 6) is -0.129. The molecule has 3 N–H and O–H groups in total. The lowest BCUT2D eigenvalue weighted by atomic mass is 9.87. The molecule has 1 amide bonds. The van der Waals surface area contributed by atoms with Crippen molar-refractivity contribution in [1.29, 1.82) is 0 Å². The average Bonchev–Trinajstić information content (AvgIpc) is 2.67. The van der Waals surface area contributed by atoms with Gasteiger partial charge in [0.1, 0.15) is 6.04 Å². The highest BCUT2D eigenvalue weighted by atomic mass is 32.2. The summed E-state index contributed by atoms with van der Waals surface area (Å²) in [5, 5.41) is 20.4. The monoisotopic (exact) mass is 455 g/mol. The molecule has 0 aromatic heterocycles. The number of carboxylic acid groups (broad SMARTS) is 2. The highest BCUT2D eigenvalue weighted by molar-refractivity contribution is 7.99. The van der Waals surface area contributed by atoms with Gasteiger partial charge in [0.05, 0.1) is 0 Å². The molecule has 0 bridgehead atoms. The van der Waals surface area contributed by atoms with Gasteiger partial charge in [0.2, 0.25) is 5.91 Å². The van der Waals surface area contributed by atoms with Gasteiger partial charge in [0.25, 0.3) is 0 Å². The smallest absolute Gasteiger partial charge is 0.327 e. The minimum atomic E-state index is -1.07. The van der Waals surface area contributed by atoms with E-state index in [1.165, 1.54) is 29.3 Å². The van der Waals surface area contributed by atoms with Crippen LogP contribution in [0.5, 0.6) is 0 Å². The van der Waals surface area contributed by atoms with Gasteiger partial charge in [-0.05, 0) is 64.7 Å². The van der Waals surface area contributed by atoms with Crippen LogP contribution < -0.4 is 5.32 Å². The molecule has 0 aromatic carbocycles. The molecule has 0 saturated heterocycles. The molecule has 31 heavy (non-hydrogen) atoms. The maximum Gasteiger partial charge on any atom is 0.327 e. The van der Waals surface area contributed by atoms with Crippen LogP contribution in [0.2, 0.25) is 0 Å². The Bertz CT molecular complexity index is 625. The third kappa shape index (κ3) is 16.6. The van der Waals surface area contributed by atoms with Crippen molar-refractivity contribution in [2.45, 2.75) is 85.6 Å². The summed E-state index contributed by atoms with van der Waals surface area (Å²) in [6.45, 7) is 11.0. The van der Waals surface area contributed by atoms with Crippen molar-refractivity contribution in [1.82, 2.24) is 5.32 Å². The van der Waals surface area contributed by atoms with E-state index in [0.717, 1.165) is 19.3 Å². The Morgan fingerprint density at radius 2 is 1.58 bits per heavy atom. The third-order valence-corrected chi connectivity index (χ3v) is 6.37. The molecule has 6 nitrogen and oxygen atoms in total. The van der Waals surface area contributed by atoms with Crippen LogP contribution in [0.15, 0.2) is 23.3 Å². The van der Waals surface area contributed by atoms with Gasteiger partial charge in [-0.2, -0.15) is 11.8 Å². The Hall–Kier alpha value is -1.76. The number of nitrogens with one attached hydrogen (secondary N) is 1. The SMILES string of the molecule is CC(C)=CCCC(C)C(C)CC/C(C)=C/CSC[C@H](NC(=O)CCCC(=O)O)C(=O)O. The van der Waals surface area contributed by atoms with E-state index in [-0.39, 0.29) is 25.0 Å². The fourth-order valence-corrected chi connectivity index (χ4v) is 3.99. The van der Waals surface area contributed by atoms with E-state index in [0.29, 0.717) is 17.6 Å². The molecule has 0 aromatic rings. The first-order valence-corrected chi connectivity index (χ1v) is 12.3. The Kier molecular flexibility index (Phi) is 15.9. The number of hydrogen-bond acceptors (Lipinski definition) is 4. The summed E-state index contributed by atoms with van der Waals surface area (Å²) in [5.41, 5.74) is 2.68. The molecule has 0 spiro atoms. The number of carboxylic acids is 2. The lowest BCUT2D eigenvalue weighted by Gasteiger charge is -2.19. The number of carbonyl (C=O) groups excluding carboxylic acids is 1. The van der Waals surface area contributed by atoms with Gasteiger partial charge < -0.3 is 15.5 Å². The van der Waals surface area contributed by atoms with Crippen molar-refractivity contribution >= 4 is 29.6 Å². The fourth-order valence-electron chi connectivity index (χ4n) is 2.99. The van der Waals surface area contributed by atoms with Crippen LogP contribution >= 0.6 is 11.8 Å². The molecule has 2 unspecified atom stereocenters. The lowest BCUT2D eigenvalue weighted by Crippen LogP contribution is -2.42. The van der Waals surface area contributed by atoms with Gasteiger partial charge in [-0.3, -0.25) is 9.59 Å². The summed E-state index contributed by atoms with van der Waals surface area (Å²) in [6, 6.07) is -0.960. The second-order valence-electron chi connectivity index (χ2n) is 8.65. The van der Waals surface area contributed by atoms with Crippen LogP contribution in [-0.2, 0) is 14.4 Å². The van der Waals surface area contributed by atoms with Crippen molar-refractivity contribution in [3.05, 3.63) is 23.3 Å². The molecule has 0 aliphatic heterocycles. The number of carbonyl (C=O) groups is 3. The Labute approximate surface area is 191 Å². The van der Waals surface area contributed by atoms with Crippen molar-refractivity contribution in [3.63, 3.8) is 0 Å². The van der Waals surface area contributed by atoms with Gasteiger partial charge in [0.15, 0.2) is 0 Å². The minimum Gasteiger partial charge on any atom is -0.481 e. The van der Waals surface area contributed by atoms with Gasteiger partial charge in [0, 0.05) is 24.3 Å². The lowest BCUT2D eigenvalue weighted by molar-refractivity contribution is -0.141. The molecule has 0 aliphatic carbocycles. The third-order valence-electron chi connectivity index (χ3n) is 5.40. The van der Waals surface area contributed by atoms with E-state index in [1.54, 1.807) is 0 Å². The Morgan fingerprint density at radius 1 is 0.935 bits per heavy atom. The predicted molar refractivity (Wildman–Crippen MR) is 128 cm³/mol. The summed E-state index contributed by atoms with van der Waals surface area (Å²) < 4.78 is 0. The number of rotatable bonds is 17. The van der Waals surface area contributed by atoms with Crippen LogP contribution in [0.3, 0.4) is 0 Å². The number of aliphatic carboxylic acids is 2. The van der Waals surface area contributed by atoms with Crippen molar-refractivity contribution in [2.75, 3.05) is 11.5 Å². The van der Waals surface area contributed by atoms with E-state index in [1.807, 2.05) is 0 Å². The molecule has 3 atom stereocenters. The quantitative estimate of drug-likeness (QED) is 0.203. The zero-order valence-electron chi connectivity index (χ0n) is 19.8. The number of amides is 1. The second kappa shape index (κ2) is 16.9. The molecular formula is C24H41NO5S. The normalized spacial score (nSPS) is 14.4.